The van der Waals surface area contributed by atoms with Gasteiger partial charge < -0.3 is 10.8 Å². The van der Waals surface area contributed by atoms with E-state index in [1.54, 1.807) is 0 Å². The fourth-order valence-electron chi connectivity index (χ4n) is 1.52. The van der Waals surface area contributed by atoms with Crippen molar-refractivity contribution in [3.63, 3.8) is 0 Å². The van der Waals surface area contributed by atoms with Crippen LogP contribution in [0.2, 0.25) is 5.02 Å². The number of anilines is 1. The topological polar surface area (TPSA) is 74.9 Å². The molecular formula is C10H7ClF3N3O. The number of rotatable bonds is 1. The predicted octanol–water partition coefficient (Wildman–Crippen LogP) is 3.04. The zero-order valence-corrected chi connectivity index (χ0v) is 9.47. The van der Waals surface area contributed by atoms with Crippen LogP contribution in [0, 0.1) is 0 Å². The lowest BCUT2D eigenvalue weighted by Gasteiger charge is -2.11. The molecule has 4 N–H and O–H groups in total. The van der Waals surface area contributed by atoms with E-state index < -0.39 is 17.5 Å². The number of halogens is 4. The molecule has 0 saturated heterocycles. The average molecular weight is 278 g/mol. The Morgan fingerprint density at radius 3 is 2.44 bits per heavy atom. The van der Waals surface area contributed by atoms with Crippen LogP contribution in [0.15, 0.2) is 18.3 Å². The standard InChI is InChI=1S/C10H7ClF3N3O/c11-6-1-4(10(12,13)14)2-7(18)8(6)5-3-16-17-9(5)15/h1-3,18H,(H3,15,16,17). The third-order valence-corrected chi connectivity index (χ3v) is 2.63. The van der Waals surface area contributed by atoms with E-state index in [1.165, 1.54) is 6.20 Å². The van der Waals surface area contributed by atoms with Crippen molar-refractivity contribution in [3.8, 4) is 16.9 Å². The SMILES string of the molecule is Nc1[nH]ncc1-c1c(O)cc(C(F)(F)F)cc1Cl. The summed E-state index contributed by atoms with van der Waals surface area (Å²) in [5.41, 5.74) is 4.74. The van der Waals surface area contributed by atoms with E-state index in [1.807, 2.05) is 0 Å². The Morgan fingerprint density at radius 1 is 1.33 bits per heavy atom. The number of aromatic hydroxyl groups is 1. The van der Waals surface area contributed by atoms with Gasteiger partial charge in [-0.1, -0.05) is 11.6 Å². The maximum atomic E-state index is 12.5. The van der Waals surface area contributed by atoms with Crippen LogP contribution in [0.25, 0.3) is 11.1 Å². The number of hydrogen-bond donors (Lipinski definition) is 3. The van der Waals surface area contributed by atoms with Gasteiger partial charge in [0.1, 0.15) is 11.6 Å². The molecule has 1 aromatic heterocycles. The third kappa shape index (κ3) is 2.08. The van der Waals surface area contributed by atoms with Gasteiger partial charge in [-0.25, -0.2) is 0 Å². The first-order valence-corrected chi connectivity index (χ1v) is 5.07. The van der Waals surface area contributed by atoms with Crippen molar-refractivity contribution in [1.29, 1.82) is 0 Å². The number of H-pyrrole nitrogens is 1. The van der Waals surface area contributed by atoms with Crippen molar-refractivity contribution in [2.45, 2.75) is 6.18 Å². The smallest absolute Gasteiger partial charge is 0.416 e. The average Bonchev–Trinajstić information content (AvgIpc) is 2.62. The molecular weight excluding hydrogens is 271 g/mol. The summed E-state index contributed by atoms with van der Waals surface area (Å²) in [6, 6.07) is 1.32. The summed E-state index contributed by atoms with van der Waals surface area (Å²) in [7, 11) is 0. The second kappa shape index (κ2) is 4.09. The van der Waals surface area contributed by atoms with Crippen molar-refractivity contribution in [3.05, 3.63) is 28.9 Å². The summed E-state index contributed by atoms with van der Waals surface area (Å²) in [5, 5.41) is 15.4. The maximum Gasteiger partial charge on any atom is 0.416 e. The molecule has 2 aromatic rings. The highest BCUT2D eigenvalue weighted by molar-refractivity contribution is 6.34. The molecule has 1 aromatic carbocycles. The number of aromatic nitrogens is 2. The third-order valence-electron chi connectivity index (χ3n) is 2.33. The molecule has 18 heavy (non-hydrogen) atoms. The number of aromatic amines is 1. The summed E-state index contributed by atoms with van der Waals surface area (Å²) >= 11 is 5.75. The molecule has 8 heteroatoms. The fraction of sp³-hybridized carbons (Fsp3) is 0.100. The molecule has 0 radical (unpaired) electrons. The molecule has 0 amide bonds. The van der Waals surface area contributed by atoms with Gasteiger partial charge in [0.05, 0.1) is 16.8 Å². The van der Waals surface area contributed by atoms with Gasteiger partial charge in [0, 0.05) is 11.1 Å². The highest BCUT2D eigenvalue weighted by Crippen LogP contribution is 2.42. The molecule has 2 rings (SSSR count). The van der Waals surface area contributed by atoms with E-state index in [0.29, 0.717) is 6.07 Å². The Balaban J connectivity index is 2.62. The van der Waals surface area contributed by atoms with E-state index >= 15 is 0 Å². The van der Waals surface area contributed by atoms with E-state index in [-0.39, 0.29) is 22.0 Å². The summed E-state index contributed by atoms with van der Waals surface area (Å²) in [6.07, 6.45) is -3.31. The van der Waals surface area contributed by atoms with Gasteiger partial charge in [0.15, 0.2) is 0 Å². The first kappa shape index (κ1) is 12.6. The van der Waals surface area contributed by atoms with Gasteiger partial charge in [-0.05, 0) is 12.1 Å². The minimum absolute atomic E-state index is 0.0101. The van der Waals surface area contributed by atoms with E-state index in [4.69, 9.17) is 17.3 Å². The molecule has 4 nitrogen and oxygen atoms in total. The molecule has 0 unspecified atom stereocenters. The molecule has 0 aliphatic rings. The number of hydrogen-bond acceptors (Lipinski definition) is 3. The van der Waals surface area contributed by atoms with E-state index in [2.05, 4.69) is 10.2 Å². The van der Waals surface area contributed by atoms with Crippen LogP contribution in [0.4, 0.5) is 19.0 Å². The number of phenolic OH excluding ortho intramolecular Hbond substituents is 1. The van der Waals surface area contributed by atoms with Crippen molar-refractivity contribution in [2.24, 2.45) is 0 Å². The van der Waals surface area contributed by atoms with Crippen molar-refractivity contribution in [1.82, 2.24) is 10.2 Å². The Morgan fingerprint density at radius 2 is 2.00 bits per heavy atom. The van der Waals surface area contributed by atoms with Gasteiger partial charge in [0.2, 0.25) is 0 Å². The molecule has 0 spiro atoms. The van der Waals surface area contributed by atoms with Gasteiger partial charge in [0.25, 0.3) is 0 Å². The zero-order valence-electron chi connectivity index (χ0n) is 8.72. The number of nitrogens with zero attached hydrogens (tertiary/aromatic N) is 1. The summed E-state index contributed by atoms with van der Waals surface area (Å²) in [4.78, 5) is 0. The molecule has 0 fully saturated rings. The number of nitrogens with one attached hydrogen (secondary N) is 1. The molecule has 0 aliphatic carbocycles. The Bertz CT molecular complexity index is 571. The number of nitrogen functional groups attached to an aromatic ring is 1. The van der Waals surface area contributed by atoms with Gasteiger partial charge in [-0.15, -0.1) is 0 Å². The summed E-state index contributed by atoms with van der Waals surface area (Å²) < 4.78 is 37.5. The number of phenols is 1. The lowest BCUT2D eigenvalue weighted by atomic mass is 10.0. The van der Waals surface area contributed by atoms with E-state index in [9.17, 15) is 18.3 Å². The second-order valence-electron chi connectivity index (χ2n) is 3.55. The van der Waals surface area contributed by atoms with Crippen LogP contribution < -0.4 is 5.73 Å². The summed E-state index contributed by atoms with van der Waals surface area (Å²) in [6.45, 7) is 0. The highest BCUT2D eigenvalue weighted by atomic mass is 35.5. The minimum atomic E-state index is -4.58. The van der Waals surface area contributed by atoms with Gasteiger partial charge >= 0.3 is 6.18 Å². The van der Waals surface area contributed by atoms with E-state index in [0.717, 1.165) is 6.07 Å². The quantitative estimate of drug-likeness (QED) is 0.750. The minimum Gasteiger partial charge on any atom is -0.507 e. The van der Waals surface area contributed by atoms with Crippen molar-refractivity contribution >= 4 is 17.4 Å². The van der Waals surface area contributed by atoms with Crippen LogP contribution in [0.3, 0.4) is 0 Å². The normalized spacial score (nSPS) is 11.8. The molecule has 0 saturated carbocycles. The Hall–Kier alpha value is -1.89. The number of benzene rings is 1. The lowest BCUT2D eigenvalue weighted by Crippen LogP contribution is -2.05. The highest BCUT2D eigenvalue weighted by Gasteiger charge is 2.32. The van der Waals surface area contributed by atoms with Crippen LogP contribution in [-0.4, -0.2) is 15.3 Å². The fourth-order valence-corrected chi connectivity index (χ4v) is 1.83. The summed E-state index contributed by atoms with van der Waals surface area (Å²) in [5.74, 6) is -0.505. The zero-order chi connectivity index (χ0) is 13.5. The van der Waals surface area contributed by atoms with Crippen molar-refractivity contribution in [2.75, 3.05) is 5.73 Å². The number of alkyl halides is 3. The first-order valence-electron chi connectivity index (χ1n) is 4.69. The Kier molecular flexibility index (Phi) is 2.86. The molecule has 96 valence electrons. The lowest BCUT2D eigenvalue weighted by molar-refractivity contribution is -0.137. The largest absolute Gasteiger partial charge is 0.507 e. The van der Waals surface area contributed by atoms with Crippen LogP contribution in [0.5, 0.6) is 5.75 Å². The first-order chi connectivity index (χ1) is 8.30. The maximum absolute atomic E-state index is 12.5. The second-order valence-corrected chi connectivity index (χ2v) is 3.95. The number of nitrogens with two attached hydrogens (primary N) is 1. The van der Waals surface area contributed by atoms with Crippen molar-refractivity contribution < 1.29 is 18.3 Å². The van der Waals surface area contributed by atoms with Crippen LogP contribution >= 0.6 is 11.6 Å². The molecule has 0 aliphatic heterocycles. The molecule has 0 atom stereocenters. The molecule has 0 bridgehead atoms. The van der Waals surface area contributed by atoms with Crippen LogP contribution in [-0.2, 0) is 6.18 Å². The van der Waals surface area contributed by atoms with Gasteiger partial charge in [-0.2, -0.15) is 18.3 Å². The molecule has 1 heterocycles. The Labute approximate surface area is 104 Å². The predicted molar refractivity (Wildman–Crippen MR) is 60.1 cm³/mol. The van der Waals surface area contributed by atoms with Gasteiger partial charge in [-0.3, -0.25) is 5.10 Å². The van der Waals surface area contributed by atoms with Crippen LogP contribution in [0.1, 0.15) is 5.56 Å². The monoisotopic (exact) mass is 277 g/mol.